The SMILES string of the molecule is Cc1ccc(CCN)c(-c2cccc(Cl)c2)c1.Cl. The van der Waals surface area contributed by atoms with Crippen LogP contribution in [-0.4, -0.2) is 6.54 Å². The second kappa shape index (κ2) is 6.79. The first-order valence-electron chi connectivity index (χ1n) is 5.76. The molecule has 0 fully saturated rings. The smallest absolute Gasteiger partial charge is 0.0412 e. The third-order valence-corrected chi connectivity index (χ3v) is 3.05. The van der Waals surface area contributed by atoms with Crippen LogP contribution in [-0.2, 0) is 6.42 Å². The fourth-order valence-electron chi connectivity index (χ4n) is 1.99. The number of benzene rings is 2. The Morgan fingerprint density at radius 3 is 2.56 bits per heavy atom. The molecule has 2 rings (SSSR count). The lowest BCUT2D eigenvalue weighted by molar-refractivity contribution is 0.970. The molecule has 2 N–H and O–H groups in total. The normalized spacial score (nSPS) is 9.94. The van der Waals surface area contributed by atoms with Gasteiger partial charge in [0.15, 0.2) is 0 Å². The molecular weight excluding hydrogens is 265 g/mol. The summed E-state index contributed by atoms with van der Waals surface area (Å²) in [6.07, 6.45) is 0.891. The summed E-state index contributed by atoms with van der Waals surface area (Å²) < 4.78 is 0. The van der Waals surface area contributed by atoms with Gasteiger partial charge >= 0.3 is 0 Å². The summed E-state index contributed by atoms with van der Waals surface area (Å²) in [4.78, 5) is 0. The highest BCUT2D eigenvalue weighted by Crippen LogP contribution is 2.27. The Morgan fingerprint density at radius 1 is 1.11 bits per heavy atom. The van der Waals surface area contributed by atoms with Crippen molar-refractivity contribution in [1.82, 2.24) is 0 Å². The van der Waals surface area contributed by atoms with Crippen molar-refractivity contribution in [3.8, 4) is 11.1 Å². The van der Waals surface area contributed by atoms with Crippen molar-refractivity contribution in [3.05, 3.63) is 58.6 Å². The maximum absolute atomic E-state index is 6.04. The van der Waals surface area contributed by atoms with Gasteiger partial charge in [-0.25, -0.2) is 0 Å². The molecule has 0 aliphatic heterocycles. The molecule has 0 spiro atoms. The molecule has 2 aromatic rings. The summed E-state index contributed by atoms with van der Waals surface area (Å²) in [5, 5.41) is 0.766. The molecule has 96 valence electrons. The molecule has 0 radical (unpaired) electrons. The van der Waals surface area contributed by atoms with Gasteiger partial charge in [-0.2, -0.15) is 0 Å². The van der Waals surface area contributed by atoms with Crippen LogP contribution in [0.25, 0.3) is 11.1 Å². The van der Waals surface area contributed by atoms with Crippen molar-refractivity contribution in [2.24, 2.45) is 5.73 Å². The molecule has 0 saturated carbocycles. The van der Waals surface area contributed by atoms with E-state index in [0.29, 0.717) is 6.54 Å². The van der Waals surface area contributed by atoms with Gasteiger partial charge in [0.2, 0.25) is 0 Å². The van der Waals surface area contributed by atoms with Crippen LogP contribution in [0, 0.1) is 6.92 Å². The first-order valence-corrected chi connectivity index (χ1v) is 6.14. The van der Waals surface area contributed by atoms with E-state index < -0.39 is 0 Å². The molecule has 0 atom stereocenters. The Morgan fingerprint density at radius 2 is 1.89 bits per heavy atom. The van der Waals surface area contributed by atoms with Gasteiger partial charge in [0.1, 0.15) is 0 Å². The molecular formula is C15H17Cl2N. The predicted octanol–water partition coefficient (Wildman–Crippen LogP) is 4.24. The average molecular weight is 282 g/mol. The quantitative estimate of drug-likeness (QED) is 0.895. The molecule has 0 saturated heterocycles. The largest absolute Gasteiger partial charge is 0.330 e. The predicted molar refractivity (Wildman–Crippen MR) is 81.6 cm³/mol. The van der Waals surface area contributed by atoms with E-state index in [2.05, 4.69) is 31.2 Å². The lowest BCUT2D eigenvalue weighted by atomic mass is 9.96. The molecule has 18 heavy (non-hydrogen) atoms. The van der Waals surface area contributed by atoms with Crippen LogP contribution in [0.15, 0.2) is 42.5 Å². The number of hydrogen-bond acceptors (Lipinski definition) is 1. The zero-order valence-corrected chi connectivity index (χ0v) is 11.9. The number of rotatable bonds is 3. The maximum atomic E-state index is 6.04. The number of nitrogens with two attached hydrogens (primary N) is 1. The summed E-state index contributed by atoms with van der Waals surface area (Å²) in [6, 6.07) is 14.4. The molecule has 0 aliphatic carbocycles. The fourth-order valence-corrected chi connectivity index (χ4v) is 2.18. The Hall–Kier alpha value is -1.02. The van der Waals surface area contributed by atoms with Crippen LogP contribution in [0.4, 0.5) is 0 Å². The monoisotopic (exact) mass is 281 g/mol. The summed E-state index contributed by atoms with van der Waals surface area (Å²) >= 11 is 6.04. The van der Waals surface area contributed by atoms with E-state index in [4.69, 9.17) is 17.3 Å². The second-order valence-corrected chi connectivity index (χ2v) is 4.65. The van der Waals surface area contributed by atoms with Gasteiger partial charge in [-0.1, -0.05) is 47.5 Å². The van der Waals surface area contributed by atoms with Crippen molar-refractivity contribution >= 4 is 24.0 Å². The van der Waals surface area contributed by atoms with E-state index in [0.717, 1.165) is 17.0 Å². The Labute approximate surface area is 119 Å². The Kier molecular flexibility index (Phi) is 5.67. The third-order valence-electron chi connectivity index (χ3n) is 2.81. The molecule has 3 heteroatoms. The zero-order valence-electron chi connectivity index (χ0n) is 10.3. The Bertz CT molecular complexity index is 524. The summed E-state index contributed by atoms with van der Waals surface area (Å²) in [5.74, 6) is 0. The molecule has 0 aliphatic rings. The topological polar surface area (TPSA) is 26.0 Å². The summed E-state index contributed by atoms with van der Waals surface area (Å²) in [5.41, 5.74) is 10.6. The van der Waals surface area contributed by atoms with Crippen molar-refractivity contribution in [2.75, 3.05) is 6.54 Å². The van der Waals surface area contributed by atoms with Crippen LogP contribution in [0.1, 0.15) is 11.1 Å². The van der Waals surface area contributed by atoms with Crippen molar-refractivity contribution in [1.29, 1.82) is 0 Å². The fraction of sp³-hybridized carbons (Fsp3) is 0.200. The Balaban J connectivity index is 0.00000162. The molecule has 0 bridgehead atoms. The van der Waals surface area contributed by atoms with E-state index in [1.165, 1.54) is 16.7 Å². The molecule has 2 aromatic carbocycles. The first-order chi connectivity index (χ1) is 8.20. The number of hydrogen-bond donors (Lipinski definition) is 1. The number of halogens is 2. The maximum Gasteiger partial charge on any atom is 0.0412 e. The van der Waals surface area contributed by atoms with Gasteiger partial charge in [0, 0.05) is 5.02 Å². The van der Waals surface area contributed by atoms with Gasteiger partial charge in [-0.15, -0.1) is 12.4 Å². The molecule has 1 nitrogen and oxygen atoms in total. The van der Waals surface area contributed by atoms with E-state index in [1.54, 1.807) is 0 Å². The van der Waals surface area contributed by atoms with Gasteiger partial charge in [0.05, 0.1) is 0 Å². The molecule has 0 amide bonds. The lowest BCUT2D eigenvalue weighted by Crippen LogP contribution is -2.04. The van der Waals surface area contributed by atoms with Crippen molar-refractivity contribution in [3.63, 3.8) is 0 Å². The highest BCUT2D eigenvalue weighted by molar-refractivity contribution is 6.30. The second-order valence-electron chi connectivity index (χ2n) is 4.21. The highest BCUT2D eigenvalue weighted by Gasteiger charge is 2.05. The minimum absolute atomic E-state index is 0. The lowest BCUT2D eigenvalue weighted by Gasteiger charge is -2.10. The van der Waals surface area contributed by atoms with Crippen molar-refractivity contribution < 1.29 is 0 Å². The van der Waals surface area contributed by atoms with Crippen LogP contribution in [0.5, 0.6) is 0 Å². The molecule has 0 heterocycles. The van der Waals surface area contributed by atoms with Crippen LogP contribution in [0.2, 0.25) is 5.02 Å². The van der Waals surface area contributed by atoms with Crippen molar-refractivity contribution in [2.45, 2.75) is 13.3 Å². The molecule has 0 unspecified atom stereocenters. The van der Waals surface area contributed by atoms with E-state index in [-0.39, 0.29) is 12.4 Å². The minimum atomic E-state index is 0. The van der Waals surface area contributed by atoms with Crippen LogP contribution >= 0.6 is 24.0 Å². The third kappa shape index (κ3) is 3.49. The van der Waals surface area contributed by atoms with Gasteiger partial charge in [-0.3, -0.25) is 0 Å². The number of aryl methyl sites for hydroxylation is 1. The first kappa shape index (κ1) is 15.0. The molecule has 0 aromatic heterocycles. The highest BCUT2D eigenvalue weighted by atomic mass is 35.5. The minimum Gasteiger partial charge on any atom is -0.330 e. The van der Waals surface area contributed by atoms with Gasteiger partial charge < -0.3 is 5.73 Å². The average Bonchev–Trinajstić information content (AvgIpc) is 2.32. The summed E-state index contributed by atoms with van der Waals surface area (Å²) in [6.45, 7) is 2.76. The summed E-state index contributed by atoms with van der Waals surface area (Å²) in [7, 11) is 0. The van der Waals surface area contributed by atoms with E-state index in [1.807, 2.05) is 18.2 Å². The van der Waals surface area contributed by atoms with Crippen LogP contribution in [0.3, 0.4) is 0 Å². The zero-order chi connectivity index (χ0) is 12.3. The van der Waals surface area contributed by atoms with Gasteiger partial charge in [0.25, 0.3) is 0 Å². The van der Waals surface area contributed by atoms with Gasteiger partial charge in [-0.05, 0) is 48.7 Å². The van der Waals surface area contributed by atoms with E-state index >= 15 is 0 Å². The standard InChI is InChI=1S/C15H16ClN.ClH/c1-11-5-6-12(7-8-17)15(9-11)13-3-2-4-14(16)10-13;/h2-6,9-10H,7-8,17H2,1H3;1H. The van der Waals surface area contributed by atoms with Crippen LogP contribution < -0.4 is 5.73 Å². The van der Waals surface area contributed by atoms with E-state index in [9.17, 15) is 0 Å².